The Balaban J connectivity index is 1.46. The first-order valence-corrected chi connectivity index (χ1v) is 10.1. The number of aromatic nitrogens is 3. The molecule has 0 saturated heterocycles. The smallest absolute Gasteiger partial charge is 0.261 e. The zero-order chi connectivity index (χ0) is 20.4. The number of hydrogen-bond donors (Lipinski definition) is 1. The summed E-state index contributed by atoms with van der Waals surface area (Å²) in [6.07, 6.45) is 1.42. The molecule has 6 nitrogen and oxygen atoms in total. The molecule has 0 spiro atoms. The lowest BCUT2D eigenvalue weighted by Crippen LogP contribution is -2.32. The third kappa shape index (κ3) is 3.95. The van der Waals surface area contributed by atoms with Crippen molar-refractivity contribution in [2.75, 3.05) is 0 Å². The molecule has 4 aromatic rings. The molecule has 0 aliphatic heterocycles. The molecule has 1 N–H and O–H groups in total. The largest absolute Gasteiger partial charge is 0.350 e. The second kappa shape index (κ2) is 7.97. The molecule has 0 aliphatic rings. The zero-order valence-corrected chi connectivity index (χ0v) is 17.0. The fourth-order valence-electron chi connectivity index (χ4n) is 3.13. The lowest BCUT2D eigenvalue weighted by Gasteiger charge is -2.07. The van der Waals surface area contributed by atoms with E-state index in [1.165, 1.54) is 16.5 Å². The highest BCUT2D eigenvalue weighted by Crippen LogP contribution is 2.29. The van der Waals surface area contributed by atoms with Gasteiger partial charge in [-0.05, 0) is 31.5 Å². The summed E-state index contributed by atoms with van der Waals surface area (Å²) in [4.78, 5) is 34.8. The molecule has 0 radical (unpaired) electrons. The van der Waals surface area contributed by atoms with E-state index in [0.717, 1.165) is 21.1 Å². The van der Waals surface area contributed by atoms with E-state index in [0.29, 0.717) is 17.4 Å². The molecule has 0 bridgehead atoms. The monoisotopic (exact) mass is 404 g/mol. The van der Waals surface area contributed by atoms with Gasteiger partial charge in [0.05, 0.1) is 29.5 Å². The highest BCUT2D eigenvalue weighted by Gasteiger charge is 2.13. The SMILES string of the molecule is Cc1ccccc1-c1nc(C)c(CNC(=O)Cn2cnc3ccccc3c2=O)s1. The van der Waals surface area contributed by atoms with Crippen LogP contribution < -0.4 is 10.9 Å². The molecule has 1 amide bonds. The first kappa shape index (κ1) is 19.0. The summed E-state index contributed by atoms with van der Waals surface area (Å²) in [6, 6.07) is 15.2. The van der Waals surface area contributed by atoms with Crippen LogP contribution >= 0.6 is 11.3 Å². The van der Waals surface area contributed by atoms with Gasteiger partial charge >= 0.3 is 0 Å². The Morgan fingerprint density at radius 1 is 1.10 bits per heavy atom. The number of hydrogen-bond acceptors (Lipinski definition) is 5. The van der Waals surface area contributed by atoms with Crippen molar-refractivity contribution in [3.63, 3.8) is 0 Å². The van der Waals surface area contributed by atoms with Gasteiger partial charge in [0.15, 0.2) is 0 Å². The number of amides is 1. The number of rotatable bonds is 5. The van der Waals surface area contributed by atoms with Crippen molar-refractivity contribution in [2.24, 2.45) is 0 Å². The molecule has 7 heteroatoms. The molecule has 0 unspecified atom stereocenters. The van der Waals surface area contributed by atoms with Crippen LogP contribution in [0.4, 0.5) is 0 Å². The van der Waals surface area contributed by atoms with E-state index < -0.39 is 0 Å². The molecule has 2 heterocycles. The Morgan fingerprint density at radius 3 is 2.69 bits per heavy atom. The minimum atomic E-state index is -0.241. The number of nitrogens with one attached hydrogen (secondary N) is 1. The van der Waals surface area contributed by atoms with Crippen molar-refractivity contribution in [3.05, 3.63) is 81.3 Å². The molecule has 0 aliphatic carbocycles. The van der Waals surface area contributed by atoms with Crippen LogP contribution in [0.25, 0.3) is 21.5 Å². The second-order valence-corrected chi connectivity index (χ2v) is 7.90. The van der Waals surface area contributed by atoms with Crippen LogP contribution in [0.15, 0.2) is 59.7 Å². The highest BCUT2D eigenvalue weighted by atomic mass is 32.1. The van der Waals surface area contributed by atoms with Crippen LogP contribution in [0.3, 0.4) is 0 Å². The predicted molar refractivity (Wildman–Crippen MR) is 115 cm³/mol. The van der Waals surface area contributed by atoms with Crippen LogP contribution in [-0.4, -0.2) is 20.4 Å². The van der Waals surface area contributed by atoms with Gasteiger partial charge in [-0.1, -0.05) is 36.4 Å². The normalized spacial score (nSPS) is 11.0. The summed E-state index contributed by atoms with van der Waals surface area (Å²) < 4.78 is 1.33. The number of aryl methyl sites for hydroxylation is 2. The van der Waals surface area contributed by atoms with Gasteiger partial charge < -0.3 is 5.32 Å². The van der Waals surface area contributed by atoms with E-state index in [-0.39, 0.29) is 18.0 Å². The molecule has 0 atom stereocenters. The summed E-state index contributed by atoms with van der Waals surface area (Å²) in [7, 11) is 0. The lowest BCUT2D eigenvalue weighted by atomic mass is 10.1. The summed E-state index contributed by atoms with van der Waals surface area (Å²) in [5, 5.41) is 4.33. The number of para-hydroxylation sites is 1. The average Bonchev–Trinajstić information content (AvgIpc) is 3.09. The van der Waals surface area contributed by atoms with E-state index >= 15 is 0 Å². The maximum Gasteiger partial charge on any atom is 0.261 e. The number of fused-ring (bicyclic) bond motifs is 1. The molecule has 2 aromatic carbocycles. The summed E-state index contributed by atoms with van der Waals surface area (Å²) in [5.74, 6) is -0.241. The van der Waals surface area contributed by atoms with Crippen molar-refractivity contribution in [3.8, 4) is 10.6 Å². The summed E-state index contributed by atoms with van der Waals surface area (Å²) in [5.41, 5.74) is 3.57. The molecular weight excluding hydrogens is 384 g/mol. The van der Waals surface area contributed by atoms with Gasteiger partial charge in [-0.2, -0.15) is 0 Å². The van der Waals surface area contributed by atoms with Crippen molar-refractivity contribution < 1.29 is 4.79 Å². The topological polar surface area (TPSA) is 76.9 Å². The Labute approximate surface area is 171 Å². The van der Waals surface area contributed by atoms with Crippen LogP contribution in [-0.2, 0) is 17.9 Å². The lowest BCUT2D eigenvalue weighted by molar-refractivity contribution is -0.121. The zero-order valence-electron chi connectivity index (χ0n) is 16.2. The fraction of sp³-hybridized carbons (Fsp3) is 0.182. The van der Waals surface area contributed by atoms with Gasteiger partial charge in [0, 0.05) is 10.4 Å². The Kier molecular flexibility index (Phi) is 5.22. The first-order chi connectivity index (χ1) is 14.0. The van der Waals surface area contributed by atoms with E-state index in [9.17, 15) is 9.59 Å². The number of carbonyl (C=O) groups is 1. The minimum Gasteiger partial charge on any atom is -0.350 e. The number of benzene rings is 2. The fourth-order valence-corrected chi connectivity index (χ4v) is 4.22. The van der Waals surface area contributed by atoms with E-state index in [1.807, 2.05) is 25.1 Å². The third-order valence-electron chi connectivity index (χ3n) is 4.76. The number of thiazole rings is 1. The highest BCUT2D eigenvalue weighted by molar-refractivity contribution is 7.15. The summed E-state index contributed by atoms with van der Waals surface area (Å²) >= 11 is 1.57. The van der Waals surface area contributed by atoms with Crippen LogP contribution in [0.1, 0.15) is 16.1 Å². The Morgan fingerprint density at radius 2 is 1.86 bits per heavy atom. The molecule has 4 rings (SSSR count). The molecular formula is C22H20N4O2S. The van der Waals surface area contributed by atoms with Gasteiger partial charge in [-0.3, -0.25) is 14.2 Å². The van der Waals surface area contributed by atoms with Crippen molar-refractivity contribution >= 4 is 28.1 Å². The second-order valence-electron chi connectivity index (χ2n) is 6.81. The van der Waals surface area contributed by atoms with Crippen LogP contribution in [0.2, 0.25) is 0 Å². The molecule has 0 saturated carbocycles. The standard InChI is InChI=1S/C22H20N4O2S/c1-14-7-3-4-8-16(14)21-25-15(2)19(29-21)11-23-20(27)12-26-13-24-18-10-6-5-9-17(18)22(26)28/h3-10,13H,11-12H2,1-2H3,(H,23,27). The molecule has 2 aromatic heterocycles. The van der Waals surface area contributed by atoms with Gasteiger partial charge in [0.25, 0.3) is 5.56 Å². The van der Waals surface area contributed by atoms with Crippen molar-refractivity contribution in [1.29, 1.82) is 0 Å². The maximum absolute atomic E-state index is 12.5. The van der Waals surface area contributed by atoms with Crippen LogP contribution in [0, 0.1) is 13.8 Å². The van der Waals surface area contributed by atoms with E-state index in [4.69, 9.17) is 0 Å². The quantitative estimate of drug-likeness (QED) is 0.553. The average molecular weight is 404 g/mol. The molecule has 0 fully saturated rings. The molecule has 29 heavy (non-hydrogen) atoms. The van der Waals surface area contributed by atoms with Crippen LogP contribution in [0.5, 0.6) is 0 Å². The third-order valence-corrected chi connectivity index (χ3v) is 5.95. The van der Waals surface area contributed by atoms with Gasteiger partial charge in [0.1, 0.15) is 11.6 Å². The van der Waals surface area contributed by atoms with Crippen molar-refractivity contribution in [2.45, 2.75) is 26.9 Å². The number of carbonyl (C=O) groups excluding carboxylic acids is 1. The first-order valence-electron chi connectivity index (χ1n) is 9.26. The minimum absolute atomic E-state index is 0.0703. The van der Waals surface area contributed by atoms with Crippen molar-refractivity contribution in [1.82, 2.24) is 19.9 Å². The predicted octanol–water partition coefficient (Wildman–Crippen LogP) is 3.45. The van der Waals surface area contributed by atoms with Gasteiger partial charge in [-0.25, -0.2) is 9.97 Å². The van der Waals surface area contributed by atoms with Gasteiger partial charge in [0.2, 0.25) is 5.91 Å². The van der Waals surface area contributed by atoms with E-state index in [1.54, 1.807) is 29.5 Å². The number of nitrogens with zero attached hydrogens (tertiary/aromatic N) is 3. The maximum atomic E-state index is 12.5. The Hall–Kier alpha value is -3.32. The summed E-state index contributed by atoms with van der Waals surface area (Å²) in [6.45, 7) is 4.31. The van der Waals surface area contributed by atoms with Gasteiger partial charge in [-0.15, -0.1) is 11.3 Å². The Bertz CT molecular complexity index is 1260. The molecule has 146 valence electrons. The van der Waals surface area contributed by atoms with E-state index in [2.05, 4.69) is 34.3 Å².